The second-order valence-corrected chi connectivity index (χ2v) is 3.28. The van der Waals surface area contributed by atoms with Gasteiger partial charge in [-0.1, -0.05) is 0 Å². The molecule has 0 unspecified atom stereocenters. The largest absolute Gasteiger partial charge is 0.459 e. The first-order valence-electron chi connectivity index (χ1n) is 4.71. The Morgan fingerprint density at radius 2 is 2.25 bits per heavy atom. The Hall–Kier alpha value is -2.30. The SMILES string of the molecule is CN(C(=O)c1ccco1)c1ccc(N)nc1. The van der Waals surface area contributed by atoms with E-state index in [1.54, 1.807) is 31.3 Å². The zero-order valence-electron chi connectivity index (χ0n) is 8.75. The standard InChI is InChI=1S/C11H11N3O2/c1-14(8-4-5-10(12)13-7-8)11(15)9-3-2-6-16-9/h2-7H,1H3,(H2,12,13). The van der Waals surface area contributed by atoms with Crippen molar-refractivity contribution in [2.24, 2.45) is 0 Å². The Kier molecular flexibility index (Phi) is 2.59. The molecule has 0 aliphatic rings. The lowest BCUT2D eigenvalue weighted by Crippen LogP contribution is -2.25. The second-order valence-electron chi connectivity index (χ2n) is 3.28. The van der Waals surface area contributed by atoms with Crippen LogP contribution in [-0.2, 0) is 0 Å². The number of amides is 1. The van der Waals surface area contributed by atoms with E-state index in [1.807, 2.05) is 0 Å². The van der Waals surface area contributed by atoms with Crippen molar-refractivity contribution in [1.29, 1.82) is 0 Å². The van der Waals surface area contributed by atoms with Gasteiger partial charge in [0, 0.05) is 7.05 Å². The van der Waals surface area contributed by atoms with Crippen LogP contribution < -0.4 is 10.6 Å². The number of anilines is 2. The van der Waals surface area contributed by atoms with Crippen molar-refractivity contribution in [3.05, 3.63) is 42.5 Å². The first kappa shape index (κ1) is 10.2. The lowest BCUT2D eigenvalue weighted by Gasteiger charge is -2.15. The van der Waals surface area contributed by atoms with Crippen molar-refractivity contribution in [1.82, 2.24) is 4.98 Å². The molecule has 0 atom stereocenters. The summed E-state index contributed by atoms with van der Waals surface area (Å²) in [6.45, 7) is 0. The average molecular weight is 217 g/mol. The summed E-state index contributed by atoms with van der Waals surface area (Å²) < 4.78 is 5.03. The first-order chi connectivity index (χ1) is 7.68. The number of carbonyl (C=O) groups is 1. The zero-order chi connectivity index (χ0) is 11.5. The Morgan fingerprint density at radius 1 is 1.44 bits per heavy atom. The topological polar surface area (TPSA) is 72.4 Å². The van der Waals surface area contributed by atoms with Gasteiger partial charge < -0.3 is 15.1 Å². The molecule has 0 aliphatic carbocycles. The highest BCUT2D eigenvalue weighted by molar-refractivity contribution is 6.03. The molecule has 5 nitrogen and oxygen atoms in total. The molecule has 2 N–H and O–H groups in total. The van der Waals surface area contributed by atoms with Crippen LogP contribution in [0.4, 0.5) is 11.5 Å². The first-order valence-corrected chi connectivity index (χ1v) is 4.71. The summed E-state index contributed by atoms with van der Waals surface area (Å²) in [4.78, 5) is 17.2. The van der Waals surface area contributed by atoms with E-state index in [0.29, 0.717) is 17.3 Å². The zero-order valence-corrected chi connectivity index (χ0v) is 8.75. The van der Waals surface area contributed by atoms with E-state index in [2.05, 4.69) is 4.98 Å². The average Bonchev–Trinajstić information content (AvgIpc) is 2.81. The lowest BCUT2D eigenvalue weighted by molar-refractivity contribution is 0.0966. The van der Waals surface area contributed by atoms with Crippen LogP contribution in [0.15, 0.2) is 41.1 Å². The maximum absolute atomic E-state index is 11.9. The molecular weight excluding hydrogens is 206 g/mol. The van der Waals surface area contributed by atoms with Crippen molar-refractivity contribution in [3.8, 4) is 0 Å². The third kappa shape index (κ3) is 1.88. The third-order valence-electron chi connectivity index (χ3n) is 2.19. The number of nitrogen functional groups attached to an aromatic ring is 1. The molecule has 0 aromatic carbocycles. The van der Waals surface area contributed by atoms with Crippen molar-refractivity contribution in [3.63, 3.8) is 0 Å². The number of furan rings is 1. The van der Waals surface area contributed by atoms with E-state index >= 15 is 0 Å². The van der Waals surface area contributed by atoms with E-state index in [9.17, 15) is 4.79 Å². The summed E-state index contributed by atoms with van der Waals surface area (Å²) in [5.74, 6) is 0.485. The minimum absolute atomic E-state index is 0.225. The van der Waals surface area contributed by atoms with Crippen molar-refractivity contribution in [2.45, 2.75) is 0 Å². The number of pyridine rings is 1. The van der Waals surface area contributed by atoms with Gasteiger partial charge in [0.1, 0.15) is 5.82 Å². The van der Waals surface area contributed by atoms with Crippen LogP contribution in [-0.4, -0.2) is 17.9 Å². The van der Waals surface area contributed by atoms with Crippen LogP contribution in [0.1, 0.15) is 10.6 Å². The van der Waals surface area contributed by atoms with Crippen LogP contribution in [0.2, 0.25) is 0 Å². The van der Waals surface area contributed by atoms with Gasteiger partial charge in [-0.2, -0.15) is 0 Å². The molecule has 2 aromatic rings. The van der Waals surface area contributed by atoms with Crippen LogP contribution in [0, 0.1) is 0 Å². The molecule has 5 heteroatoms. The summed E-state index contributed by atoms with van der Waals surface area (Å²) in [7, 11) is 1.65. The molecule has 2 aromatic heterocycles. The predicted octanol–water partition coefficient (Wildman–Crippen LogP) is 1.53. The summed E-state index contributed by atoms with van der Waals surface area (Å²) >= 11 is 0. The maximum Gasteiger partial charge on any atom is 0.293 e. The monoisotopic (exact) mass is 217 g/mol. The van der Waals surface area contributed by atoms with Crippen LogP contribution in [0.25, 0.3) is 0 Å². The summed E-state index contributed by atoms with van der Waals surface area (Å²) in [5, 5.41) is 0. The summed E-state index contributed by atoms with van der Waals surface area (Å²) in [5.41, 5.74) is 6.13. The van der Waals surface area contributed by atoms with E-state index in [-0.39, 0.29) is 5.91 Å². The van der Waals surface area contributed by atoms with E-state index in [0.717, 1.165) is 0 Å². The molecule has 0 bridgehead atoms. The van der Waals surface area contributed by atoms with Gasteiger partial charge in [-0.15, -0.1) is 0 Å². The van der Waals surface area contributed by atoms with Crippen molar-refractivity contribution >= 4 is 17.4 Å². The molecular formula is C11H11N3O2. The minimum atomic E-state index is -0.225. The molecule has 1 amide bonds. The number of hydrogen-bond donors (Lipinski definition) is 1. The highest BCUT2D eigenvalue weighted by Crippen LogP contribution is 2.15. The fraction of sp³-hybridized carbons (Fsp3) is 0.0909. The molecule has 0 saturated heterocycles. The van der Waals surface area contributed by atoms with E-state index < -0.39 is 0 Å². The molecule has 0 saturated carbocycles. The van der Waals surface area contributed by atoms with Crippen molar-refractivity contribution in [2.75, 3.05) is 17.7 Å². The summed E-state index contributed by atoms with van der Waals surface area (Å²) in [6, 6.07) is 6.65. The number of hydrogen-bond acceptors (Lipinski definition) is 4. The Balaban J connectivity index is 2.22. The van der Waals surface area contributed by atoms with Gasteiger partial charge in [-0.25, -0.2) is 4.98 Å². The Bertz CT molecular complexity index is 476. The van der Waals surface area contributed by atoms with Gasteiger partial charge >= 0.3 is 0 Å². The number of rotatable bonds is 2. The van der Waals surface area contributed by atoms with Gasteiger partial charge in [0.25, 0.3) is 5.91 Å². The molecule has 0 fully saturated rings. The molecule has 0 aliphatic heterocycles. The van der Waals surface area contributed by atoms with Gasteiger partial charge in [-0.05, 0) is 24.3 Å². The quantitative estimate of drug-likeness (QED) is 0.828. The predicted molar refractivity (Wildman–Crippen MR) is 60.1 cm³/mol. The molecule has 82 valence electrons. The van der Waals surface area contributed by atoms with Gasteiger partial charge in [0.05, 0.1) is 18.1 Å². The maximum atomic E-state index is 11.9. The van der Waals surface area contributed by atoms with Gasteiger partial charge in [0.15, 0.2) is 5.76 Å². The Labute approximate surface area is 92.5 Å². The normalized spacial score (nSPS) is 10.1. The fourth-order valence-electron chi connectivity index (χ4n) is 1.28. The van der Waals surface area contributed by atoms with E-state index in [4.69, 9.17) is 10.2 Å². The van der Waals surface area contributed by atoms with Crippen LogP contribution >= 0.6 is 0 Å². The molecule has 0 radical (unpaired) electrons. The number of nitrogens with two attached hydrogens (primary N) is 1. The number of aromatic nitrogens is 1. The molecule has 2 rings (SSSR count). The highest BCUT2D eigenvalue weighted by Gasteiger charge is 2.15. The highest BCUT2D eigenvalue weighted by atomic mass is 16.3. The smallest absolute Gasteiger partial charge is 0.293 e. The minimum Gasteiger partial charge on any atom is -0.459 e. The number of carbonyl (C=O) groups excluding carboxylic acids is 1. The number of nitrogens with zero attached hydrogens (tertiary/aromatic N) is 2. The molecule has 2 heterocycles. The Morgan fingerprint density at radius 3 is 2.81 bits per heavy atom. The van der Waals surface area contributed by atoms with E-state index in [1.165, 1.54) is 17.4 Å². The summed E-state index contributed by atoms with van der Waals surface area (Å²) in [6.07, 6.45) is 3.00. The van der Waals surface area contributed by atoms with Gasteiger partial charge in [-0.3, -0.25) is 4.79 Å². The van der Waals surface area contributed by atoms with Crippen LogP contribution in [0.5, 0.6) is 0 Å². The fourth-order valence-corrected chi connectivity index (χ4v) is 1.28. The lowest BCUT2D eigenvalue weighted by atomic mass is 10.3. The molecule has 16 heavy (non-hydrogen) atoms. The second kappa shape index (κ2) is 4.06. The third-order valence-corrected chi connectivity index (χ3v) is 2.19. The van der Waals surface area contributed by atoms with Crippen LogP contribution in [0.3, 0.4) is 0 Å². The van der Waals surface area contributed by atoms with Gasteiger partial charge in [0.2, 0.25) is 0 Å². The molecule has 0 spiro atoms. The van der Waals surface area contributed by atoms with Crippen molar-refractivity contribution < 1.29 is 9.21 Å².